The van der Waals surface area contributed by atoms with E-state index in [1.807, 2.05) is 30.3 Å². The molecule has 19 heavy (non-hydrogen) atoms. The zero-order valence-electron chi connectivity index (χ0n) is 10.3. The lowest BCUT2D eigenvalue weighted by atomic mass is 10.1. The van der Waals surface area contributed by atoms with Gasteiger partial charge >= 0.3 is 6.09 Å². The van der Waals surface area contributed by atoms with E-state index in [4.69, 9.17) is 4.74 Å². The van der Waals surface area contributed by atoms with Crippen molar-refractivity contribution in [2.75, 3.05) is 13.1 Å². The van der Waals surface area contributed by atoms with Crippen molar-refractivity contribution >= 4 is 6.09 Å². The number of hydrogen-bond donors (Lipinski definition) is 0. The van der Waals surface area contributed by atoms with Gasteiger partial charge in [0.2, 0.25) is 0 Å². The van der Waals surface area contributed by atoms with Crippen LogP contribution in [0.3, 0.4) is 0 Å². The molecule has 1 aromatic heterocycles. The molecule has 3 rings (SSSR count). The van der Waals surface area contributed by atoms with Crippen molar-refractivity contribution in [1.29, 1.82) is 0 Å². The molecule has 6 heteroatoms. The van der Waals surface area contributed by atoms with Crippen molar-refractivity contribution in [1.82, 2.24) is 19.7 Å². The van der Waals surface area contributed by atoms with Gasteiger partial charge in [0.1, 0.15) is 19.3 Å². The number of rotatable bonds is 3. The van der Waals surface area contributed by atoms with Crippen LogP contribution in [-0.4, -0.2) is 38.8 Å². The zero-order chi connectivity index (χ0) is 13.1. The number of hydrogen-bond acceptors (Lipinski definition) is 4. The third kappa shape index (κ3) is 2.57. The van der Waals surface area contributed by atoms with Gasteiger partial charge in [-0.2, -0.15) is 5.10 Å². The molecule has 6 nitrogen and oxygen atoms in total. The Morgan fingerprint density at radius 2 is 2.11 bits per heavy atom. The summed E-state index contributed by atoms with van der Waals surface area (Å²) in [6.07, 6.45) is 2.88. The second-order valence-corrected chi connectivity index (χ2v) is 4.47. The van der Waals surface area contributed by atoms with Gasteiger partial charge in [0.25, 0.3) is 0 Å². The molecule has 0 unspecified atom stereocenters. The summed E-state index contributed by atoms with van der Waals surface area (Å²) >= 11 is 0. The van der Waals surface area contributed by atoms with Crippen molar-refractivity contribution in [3.63, 3.8) is 0 Å². The normalized spacial score (nSPS) is 15.1. The summed E-state index contributed by atoms with van der Waals surface area (Å²) in [5.41, 5.74) is 0.990. The Morgan fingerprint density at radius 1 is 1.32 bits per heavy atom. The molecule has 1 aromatic carbocycles. The fourth-order valence-corrected chi connectivity index (χ4v) is 1.99. The lowest BCUT2D eigenvalue weighted by molar-refractivity contribution is 0.0496. The van der Waals surface area contributed by atoms with Gasteiger partial charge in [-0.05, 0) is 5.56 Å². The van der Waals surface area contributed by atoms with E-state index in [0.717, 1.165) is 5.56 Å². The van der Waals surface area contributed by atoms with E-state index in [9.17, 15) is 4.79 Å². The highest BCUT2D eigenvalue weighted by atomic mass is 16.6. The molecule has 98 valence electrons. The maximum atomic E-state index is 11.8. The summed E-state index contributed by atoms with van der Waals surface area (Å²) < 4.78 is 7.00. The Morgan fingerprint density at radius 3 is 2.79 bits per heavy atom. The number of likely N-dealkylation sites (tertiary alicyclic amines) is 1. The molecule has 0 spiro atoms. The minimum atomic E-state index is -0.278. The Bertz CT molecular complexity index is 535. The van der Waals surface area contributed by atoms with E-state index in [2.05, 4.69) is 10.1 Å². The Kier molecular flexibility index (Phi) is 3.14. The van der Waals surface area contributed by atoms with Gasteiger partial charge in [-0.15, -0.1) is 0 Å². The topological polar surface area (TPSA) is 60.2 Å². The van der Waals surface area contributed by atoms with Crippen LogP contribution in [0.1, 0.15) is 11.6 Å². The van der Waals surface area contributed by atoms with Crippen LogP contribution in [0, 0.1) is 0 Å². The third-order valence-corrected chi connectivity index (χ3v) is 3.14. The molecule has 2 heterocycles. The number of ether oxygens (including phenoxy) is 1. The maximum absolute atomic E-state index is 11.8. The minimum absolute atomic E-state index is 0.215. The first kappa shape index (κ1) is 11.7. The second-order valence-electron chi connectivity index (χ2n) is 4.47. The third-order valence-electron chi connectivity index (χ3n) is 3.14. The predicted octanol–water partition coefficient (Wildman–Crippen LogP) is 1.47. The molecule has 1 aliphatic heterocycles. The molecular weight excluding hydrogens is 244 g/mol. The Labute approximate surface area is 110 Å². The van der Waals surface area contributed by atoms with Crippen LogP contribution in [0.15, 0.2) is 43.0 Å². The highest BCUT2D eigenvalue weighted by Gasteiger charge is 2.33. The van der Waals surface area contributed by atoms with Crippen molar-refractivity contribution in [3.05, 3.63) is 48.5 Å². The van der Waals surface area contributed by atoms with Gasteiger partial charge in [-0.1, -0.05) is 30.3 Å². The van der Waals surface area contributed by atoms with Gasteiger partial charge in [-0.25, -0.2) is 14.5 Å². The monoisotopic (exact) mass is 258 g/mol. The first-order valence-corrected chi connectivity index (χ1v) is 6.12. The molecule has 1 amide bonds. The predicted molar refractivity (Wildman–Crippen MR) is 67.3 cm³/mol. The van der Waals surface area contributed by atoms with E-state index in [1.54, 1.807) is 15.9 Å². The van der Waals surface area contributed by atoms with E-state index in [-0.39, 0.29) is 12.1 Å². The number of nitrogens with zero attached hydrogens (tertiary/aromatic N) is 4. The number of aromatic nitrogens is 3. The van der Waals surface area contributed by atoms with Crippen LogP contribution in [0.5, 0.6) is 0 Å². The fraction of sp³-hybridized carbons (Fsp3) is 0.308. The van der Waals surface area contributed by atoms with Crippen LogP contribution >= 0.6 is 0 Å². The van der Waals surface area contributed by atoms with Gasteiger partial charge < -0.3 is 9.64 Å². The summed E-state index contributed by atoms with van der Waals surface area (Å²) in [6.45, 7) is 1.55. The molecular formula is C13H14N4O2. The smallest absolute Gasteiger partial charge is 0.410 e. The molecule has 1 saturated heterocycles. The SMILES string of the molecule is O=C(OCc1ccccc1)N1CC(n2cncn2)C1. The second kappa shape index (κ2) is 5.09. The first-order chi connectivity index (χ1) is 9.33. The van der Waals surface area contributed by atoms with E-state index < -0.39 is 0 Å². The Balaban J connectivity index is 1.46. The molecule has 2 aromatic rings. The molecule has 0 N–H and O–H groups in total. The average molecular weight is 258 g/mol. The maximum Gasteiger partial charge on any atom is 0.410 e. The summed E-state index contributed by atoms with van der Waals surface area (Å²) in [5.74, 6) is 0. The molecule has 0 aliphatic carbocycles. The quantitative estimate of drug-likeness (QED) is 0.836. The lowest BCUT2D eigenvalue weighted by Crippen LogP contribution is -2.51. The molecule has 0 saturated carbocycles. The summed E-state index contributed by atoms with van der Waals surface area (Å²) in [4.78, 5) is 17.3. The first-order valence-electron chi connectivity index (χ1n) is 6.12. The number of amides is 1. The highest BCUT2D eigenvalue weighted by Crippen LogP contribution is 2.20. The number of carbonyl (C=O) groups excluding carboxylic acids is 1. The standard InChI is InChI=1S/C13H14N4O2/c18-13(19-8-11-4-2-1-3-5-11)16-6-12(7-16)17-10-14-9-15-17/h1-5,9-10,12H,6-8H2. The zero-order valence-corrected chi connectivity index (χ0v) is 10.3. The van der Waals surface area contributed by atoms with Gasteiger partial charge in [0.15, 0.2) is 0 Å². The number of benzene rings is 1. The lowest BCUT2D eigenvalue weighted by Gasteiger charge is -2.37. The van der Waals surface area contributed by atoms with Crippen LogP contribution < -0.4 is 0 Å². The number of carbonyl (C=O) groups is 1. The van der Waals surface area contributed by atoms with E-state index in [1.165, 1.54) is 6.33 Å². The molecule has 0 atom stereocenters. The molecule has 1 fully saturated rings. The van der Waals surface area contributed by atoms with Gasteiger partial charge in [0.05, 0.1) is 6.04 Å². The molecule has 1 aliphatic rings. The summed E-state index contributed by atoms with van der Waals surface area (Å²) in [5, 5.41) is 4.05. The van der Waals surface area contributed by atoms with Gasteiger partial charge in [0, 0.05) is 13.1 Å². The molecule has 0 bridgehead atoms. The van der Waals surface area contributed by atoms with Crippen LogP contribution in [0.4, 0.5) is 4.79 Å². The van der Waals surface area contributed by atoms with Gasteiger partial charge in [-0.3, -0.25) is 0 Å². The summed E-state index contributed by atoms with van der Waals surface area (Å²) in [6, 6.07) is 9.86. The van der Waals surface area contributed by atoms with Crippen molar-refractivity contribution < 1.29 is 9.53 Å². The van der Waals surface area contributed by atoms with E-state index >= 15 is 0 Å². The van der Waals surface area contributed by atoms with Crippen molar-refractivity contribution in [2.45, 2.75) is 12.6 Å². The highest BCUT2D eigenvalue weighted by molar-refractivity contribution is 5.68. The minimum Gasteiger partial charge on any atom is -0.445 e. The average Bonchev–Trinajstić information content (AvgIpc) is 2.90. The van der Waals surface area contributed by atoms with Crippen molar-refractivity contribution in [3.8, 4) is 0 Å². The molecule has 0 radical (unpaired) electrons. The van der Waals surface area contributed by atoms with Crippen LogP contribution in [0.25, 0.3) is 0 Å². The summed E-state index contributed by atoms with van der Waals surface area (Å²) in [7, 11) is 0. The van der Waals surface area contributed by atoms with Crippen LogP contribution in [0.2, 0.25) is 0 Å². The van der Waals surface area contributed by atoms with E-state index in [0.29, 0.717) is 19.7 Å². The largest absolute Gasteiger partial charge is 0.445 e. The fourth-order valence-electron chi connectivity index (χ4n) is 1.99. The van der Waals surface area contributed by atoms with Crippen molar-refractivity contribution in [2.24, 2.45) is 0 Å². The van der Waals surface area contributed by atoms with Crippen LogP contribution in [-0.2, 0) is 11.3 Å². The Hall–Kier alpha value is -2.37.